The number of Topliss-reactive ketones (excluding diaryl/α,β-unsaturated/α-hetero) is 1. The van der Waals surface area contributed by atoms with Crippen molar-refractivity contribution in [1.29, 1.82) is 0 Å². The highest BCUT2D eigenvalue weighted by Crippen LogP contribution is 2.34. The van der Waals surface area contributed by atoms with Crippen LogP contribution in [0.2, 0.25) is 0 Å². The zero-order chi connectivity index (χ0) is 27.7. The number of nitrogens with zero attached hydrogens (tertiary/aromatic N) is 3. The fraction of sp³-hybridized carbons (Fsp3) is 0.357. The van der Waals surface area contributed by atoms with Crippen molar-refractivity contribution in [1.82, 2.24) is 19.5 Å². The summed E-state index contributed by atoms with van der Waals surface area (Å²) < 4.78 is 27.7. The van der Waals surface area contributed by atoms with Gasteiger partial charge in [0.1, 0.15) is 17.0 Å². The van der Waals surface area contributed by atoms with E-state index in [0.717, 1.165) is 10.4 Å². The summed E-state index contributed by atoms with van der Waals surface area (Å²) in [6, 6.07) is 14.0. The molecule has 2 aromatic heterocycles. The fourth-order valence-electron chi connectivity index (χ4n) is 5.32. The fourth-order valence-corrected chi connectivity index (χ4v) is 7.82. The number of nitrogens with one attached hydrogen (secondary N) is 1. The van der Waals surface area contributed by atoms with E-state index in [1.807, 2.05) is 50.2 Å². The van der Waals surface area contributed by atoms with Crippen molar-refractivity contribution in [2.75, 3.05) is 13.1 Å². The first-order valence-corrected chi connectivity index (χ1v) is 15.1. The van der Waals surface area contributed by atoms with E-state index in [1.54, 1.807) is 6.07 Å². The van der Waals surface area contributed by atoms with Gasteiger partial charge in [0.15, 0.2) is 5.78 Å². The summed E-state index contributed by atoms with van der Waals surface area (Å²) in [6.45, 7) is 3.86. The first-order valence-electron chi connectivity index (χ1n) is 12.9. The van der Waals surface area contributed by atoms with Gasteiger partial charge in [0.25, 0.3) is 5.91 Å². The van der Waals surface area contributed by atoms with Crippen molar-refractivity contribution >= 4 is 39.0 Å². The minimum Gasteiger partial charge on any atom is -0.340 e. The second kappa shape index (κ2) is 11.0. The monoisotopic (exact) mass is 566 g/mol. The van der Waals surface area contributed by atoms with Gasteiger partial charge in [-0.25, -0.2) is 8.42 Å². The molecule has 11 heteroatoms. The predicted octanol–water partition coefficient (Wildman–Crippen LogP) is 3.20. The van der Waals surface area contributed by atoms with Crippen LogP contribution in [0.25, 0.3) is 10.4 Å². The number of sulfonamides is 1. The molecule has 2 aliphatic rings. The van der Waals surface area contributed by atoms with Gasteiger partial charge in [-0.1, -0.05) is 44.2 Å². The molecule has 0 bridgehead atoms. The Kier molecular flexibility index (Phi) is 7.66. The smallest absolute Gasteiger partial charge is 0.262 e. The van der Waals surface area contributed by atoms with Gasteiger partial charge in [-0.05, 0) is 48.6 Å². The third kappa shape index (κ3) is 5.39. The highest BCUT2D eigenvalue weighted by atomic mass is 32.2. The summed E-state index contributed by atoms with van der Waals surface area (Å²) in [6.07, 6.45) is 3.47. The average Bonchev–Trinajstić information content (AvgIpc) is 3.66. The molecule has 39 heavy (non-hydrogen) atoms. The minimum atomic E-state index is -3.95. The molecule has 3 atom stereocenters. The number of pyridine rings is 1. The molecule has 3 aromatic rings. The van der Waals surface area contributed by atoms with E-state index in [1.165, 1.54) is 45.1 Å². The number of ketones is 1. The van der Waals surface area contributed by atoms with E-state index in [-0.39, 0.29) is 41.5 Å². The molecule has 9 nitrogen and oxygen atoms in total. The summed E-state index contributed by atoms with van der Waals surface area (Å²) in [7, 11) is -3.95. The number of fused-ring (bicyclic) bond motifs is 1. The lowest BCUT2D eigenvalue weighted by Crippen LogP contribution is -2.52. The molecular formula is C28H30N4O5S2. The van der Waals surface area contributed by atoms with Gasteiger partial charge in [-0.2, -0.15) is 4.31 Å². The van der Waals surface area contributed by atoms with Crippen LogP contribution in [0.15, 0.2) is 71.9 Å². The van der Waals surface area contributed by atoms with E-state index in [2.05, 4.69) is 10.3 Å². The number of amides is 2. The largest absolute Gasteiger partial charge is 0.340 e. The number of rotatable bonds is 8. The molecule has 204 valence electrons. The van der Waals surface area contributed by atoms with Crippen LogP contribution in [0.1, 0.15) is 36.4 Å². The van der Waals surface area contributed by atoms with Crippen LogP contribution in [0.3, 0.4) is 0 Å². The maximum Gasteiger partial charge on any atom is 0.262 e. The lowest BCUT2D eigenvalue weighted by molar-refractivity contribution is -0.138. The molecule has 1 aromatic carbocycles. The first-order chi connectivity index (χ1) is 18.7. The summed E-state index contributed by atoms with van der Waals surface area (Å²) >= 11 is 1.35. The molecule has 2 amide bonds. The molecule has 5 rings (SSSR count). The van der Waals surface area contributed by atoms with Crippen molar-refractivity contribution in [3.63, 3.8) is 0 Å². The molecule has 0 aliphatic carbocycles. The number of thiophene rings is 1. The van der Waals surface area contributed by atoms with Crippen LogP contribution in [-0.2, 0) is 19.6 Å². The molecule has 2 saturated heterocycles. The SMILES string of the molecule is CC(C)CC(NC(=O)c1ccc(-c2ccccc2)s1)C(=O)N1CCC2C1C(=O)CN2S(=O)(=O)c1cccnc1. The van der Waals surface area contributed by atoms with Gasteiger partial charge in [0.05, 0.1) is 17.5 Å². The molecule has 0 spiro atoms. The number of hydrogen-bond donors (Lipinski definition) is 1. The topological polar surface area (TPSA) is 117 Å². The summed E-state index contributed by atoms with van der Waals surface area (Å²) in [5.74, 6) is -0.935. The summed E-state index contributed by atoms with van der Waals surface area (Å²) in [5, 5.41) is 2.90. The van der Waals surface area contributed by atoms with E-state index in [0.29, 0.717) is 17.7 Å². The summed E-state index contributed by atoms with van der Waals surface area (Å²) in [4.78, 5) is 46.9. The number of likely N-dealkylation sites (tertiary alicyclic amines) is 1. The zero-order valence-corrected chi connectivity index (χ0v) is 23.3. The maximum absolute atomic E-state index is 13.8. The number of benzene rings is 1. The Labute approximate surface area is 231 Å². The lowest BCUT2D eigenvalue weighted by atomic mass is 10.0. The summed E-state index contributed by atoms with van der Waals surface area (Å²) in [5.41, 5.74) is 1.00. The van der Waals surface area contributed by atoms with Gasteiger partial charge in [0.2, 0.25) is 15.9 Å². The quantitative estimate of drug-likeness (QED) is 0.448. The maximum atomic E-state index is 13.8. The Hall–Kier alpha value is -3.41. The normalized spacial score (nSPS) is 20.3. The van der Waals surface area contributed by atoms with Crippen LogP contribution in [0.5, 0.6) is 0 Å². The molecule has 2 fully saturated rings. The molecule has 0 saturated carbocycles. The van der Waals surface area contributed by atoms with E-state index in [9.17, 15) is 22.8 Å². The van der Waals surface area contributed by atoms with Crippen LogP contribution in [-0.4, -0.2) is 71.4 Å². The molecular weight excluding hydrogens is 536 g/mol. The van der Waals surface area contributed by atoms with Gasteiger partial charge in [0, 0.05) is 23.8 Å². The Balaban J connectivity index is 1.33. The van der Waals surface area contributed by atoms with E-state index in [4.69, 9.17) is 0 Å². The number of aromatic nitrogens is 1. The van der Waals surface area contributed by atoms with E-state index < -0.39 is 28.1 Å². The van der Waals surface area contributed by atoms with Gasteiger partial charge in [-0.3, -0.25) is 19.4 Å². The second-order valence-corrected chi connectivity index (χ2v) is 13.2. The highest BCUT2D eigenvalue weighted by Gasteiger charge is 2.54. The van der Waals surface area contributed by atoms with Crippen molar-refractivity contribution in [3.8, 4) is 10.4 Å². The van der Waals surface area contributed by atoms with Gasteiger partial charge < -0.3 is 10.2 Å². The first kappa shape index (κ1) is 27.2. The van der Waals surface area contributed by atoms with E-state index >= 15 is 0 Å². The Morgan fingerprint density at radius 1 is 1.10 bits per heavy atom. The van der Waals surface area contributed by atoms with Crippen LogP contribution in [0.4, 0.5) is 0 Å². The van der Waals surface area contributed by atoms with Crippen molar-refractivity contribution in [2.24, 2.45) is 5.92 Å². The lowest BCUT2D eigenvalue weighted by Gasteiger charge is -2.29. The average molecular weight is 567 g/mol. The highest BCUT2D eigenvalue weighted by molar-refractivity contribution is 7.89. The Morgan fingerprint density at radius 3 is 2.56 bits per heavy atom. The van der Waals surface area contributed by atoms with Crippen LogP contribution >= 0.6 is 11.3 Å². The van der Waals surface area contributed by atoms with Crippen LogP contribution < -0.4 is 5.32 Å². The molecule has 1 N–H and O–H groups in total. The molecule has 4 heterocycles. The third-order valence-corrected chi connectivity index (χ3v) is 10.1. The van der Waals surface area contributed by atoms with Crippen molar-refractivity contribution in [2.45, 2.75) is 49.7 Å². The molecule has 2 aliphatic heterocycles. The molecule has 0 radical (unpaired) electrons. The molecule has 3 unspecified atom stereocenters. The zero-order valence-electron chi connectivity index (χ0n) is 21.7. The Morgan fingerprint density at radius 2 is 1.87 bits per heavy atom. The van der Waals surface area contributed by atoms with Crippen molar-refractivity contribution in [3.05, 3.63) is 71.9 Å². The number of hydrogen-bond acceptors (Lipinski definition) is 7. The van der Waals surface area contributed by atoms with Gasteiger partial charge in [-0.15, -0.1) is 11.3 Å². The standard InChI is InChI=1S/C28H30N4O5S2/c1-18(2)15-21(30-27(34)25-11-10-24(38-25)19-7-4-3-5-8-19)28(35)31-14-12-22-26(31)23(33)17-32(22)39(36,37)20-9-6-13-29-16-20/h3-11,13,16,18,21-22,26H,12,14-15,17H2,1-2H3,(H,30,34). The number of carbonyl (C=O) groups excluding carboxylic acids is 3. The van der Waals surface area contributed by atoms with Gasteiger partial charge >= 0.3 is 0 Å². The van der Waals surface area contributed by atoms with Crippen LogP contribution in [0, 0.1) is 5.92 Å². The second-order valence-electron chi connectivity index (χ2n) is 10.2. The van der Waals surface area contributed by atoms with Crippen molar-refractivity contribution < 1.29 is 22.8 Å². The minimum absolute atomic E-state index is 0.0130. The predicted molar refractivity (Wildman–Crippen MR) is 148 cm³/mol. The third-order valence-electron chi connectivity index (χ3n) is 7.10. The number of carbonyl (C=O) groups is 3. The Bertz CT molecular complexity index is 1470.